The van der Waals surface area contributed by atoms with E-state index in [-0.39, 0.29) is 0 Å². The Morgan fingerprint density at radius 3 is 2.67 bits per heavy atom. The zero-order valence-electron chi connectivity index (χ0n) is 14.0. The Morgan fingerprint density at radius 2 is 2.05 bits per heavy atom. The highest BCUT2D eigenvalue weighted by Gasteiger charge is 2.26. The third-order valence-corrected chi connectivity index (χ3v) is 5.86. The van der Waals surface area contributed by atoms with Gasteiger partial charge in [-0.25, -0.2) is 0 Å². The molecule has 120 valence electrons. The monoisotopic (exact) mass is 308 g/mol. The molecule has 1 saturated carbocycles. The summed E-state index contributed by atoms with van der Waals surface area (Å²) in [4.78, 5) is 3.98. The lowest BCUT2D eigenvalue weighted by Gasteiger charge is -2.24. The van der Waals surface area contributed by atoms with Gasteiger partial charge in [0.2, 0.25) is 0 Å². The van der Waals surface area contributed by atoms with Crippen molar-refractivity contribution >= 4 is 11.3 Å². The summed E-state index contributed by atoms with van der Waals surface area (Å²) in [5.41, 5.74) is 0. The summed E-state index contributed by atoms with van der Waals surface area (Å²) < 4.78 is 0. The van der Waals surface area contributed by atoms with Crippen LogP contribution in [0.5, 0.6) is 0 Å². The summed E-state index contributed by atoms with van der Waals surface area (Å²) in [5.74, 6) is 0.863. The fourth-order valence-electron chi connectivity index (χ4n) is 3.26. The molecule has 1 aromatic heterocycles. The Kier molecular flexibility index (Phi) is 7.21. The van der Waals surface area contributed by atoms with Crippen LogP contribution in [-0.2, 0) is 0 Å². The van der Waals surface area contributed by atoms with Crippen LogP contribution in [-0.4, -0.2) is 31.1 Å². The maximum absolute atomic E-state index is 3.86. The number of unbranched alkanes of at least 4 members (excludes halogenated alkanes) is 1. The lowest BCUT2D eigenvalue weighted by atomic mass is 9.96. The molecule has 1 atom stereocenters. The van der Waals surface area contributed by atoms with Crippen LogP contribution in [0.1, 0.15) is 63.3 Å². The molecule has 3 heteroatoms. The minimum atomic E-state index is 0.607. The molecule has 0 aromatic carbocycles. The molecule has 1 aliphatic rings. The third kappa shape index (κ3) is 5.39. The average molecular weight is 309 g/mol. The van der Waals surface area contributed by atoms with E-state index in [9.17, 15) is 0 Å². The van der Waals surface area contributed by atoms with Gasteiger partial charge in [-0.05, 0) is 77.0 Å². The molecule has 2 nitrogen and oxygen atoms in total. The molecule has 0 radical (unpaired) electrons. The van der Waals surface area contributed by atoms with Crippen LogP contribution in [0.15, 0.2) is 17.5 Å². The van der Waals surface area contributed by atoms with E-state index in [0.29, 0.717) is 12.1 Å². The first-order valence-corrected chi connectivity index (χ1v) is 9.53. The quantitative estimate of drug-likeness (QED) is 0.666. The van der Waals surface area contributed by atoms with Crippen molar-refractivity contribution in [3.8, 4) is 0 Å². The first-order valence-electron chi connectivity index (χ1n) is 8.65. The van der Waals surface area contributed by atoms with Crippen LogP contribution >= 0.6 is 11.3 Å². The van der Waals surface area contributed by atoms with Crippen LogP contribution in [0.3, 0.4) is 0 Å². The van der Waals surface area contributed by atoms with E-state index in [0.717, 1.165) is 12.5 Å². The van der Waals surface area contributed by atoms with Crippen LogP contribution in [0.4, 0.5) is 0 Å². The van der Waals surface area contributed by atoms with Gasteiger partial charge in [0.05, 0.1) is 0 Å². The molecular weight excluding hydrogens is 276 g/mol. The summed E-state index contributed by atoms with van der Waals surface area (Å²) in [6, 6.07) is 5.78. The maximum atomic E-state index is 3.86. The number of thiophene rings is 1. The van der Waals surface area contributed by atoms with Gasteiger partial charge in [0.25, 0.3) is 0 Å². The molecule has 21 heavy (non-hydrogen) atoms. The Bertz CT molecular complexity index is 369. The van der Waals surface area contributed by atoms with Gasteiger partial charge >= 0.3 is 0 Å². The fourth-order valence-corrected chi connectivity index (χ4v) is 4.15. The number of nitrogens with zero attached hydrogens (tertiary/aromatic N) is 1. The Morgan fingerprint density at radius 1 is 1.29 bits per heavy atom. The summed E-state index contributed by atoms with van der Waals surface area (Å²) in [6.45, 7) is 6.91. The molecule has 1 aliphatic carbocycles. The van der Waals surface area contributed by atoms with Gasteiger partial charge in [0.1, 0.15) is 0 Å². The maximum Gasteiger partial charge on any atom is 0.0443 e. The summed E-state index contributed by atoms with van der Waals surface area (Å²) in [5, 5.41) is 6.08. The van der Waals surface area contributed by atoms with Crippen molar-refractivity contribution in [2.45, 2.75) is 64.5 Å². The molecule has 0 saturated heterocycles. The van der Waals surface area contributed by atoms with Gasteiger partial charge < -0.3 is 10.2 Å². The first kappa shape index (κ1) is 17.0. The van der Waals surface area contributed by atoms with E-state index in [2.05, 4.69) is 48.6 Å². The molecule has 0 amide bonds. The fraction of sp³-hybridized carbons (Fsp3) is 0.778. The predicted molar refractivity (Wildman–Crippen MR) is 94.0 cm³/mol. The van der Waals surface area contributed by atoms with Gasteiger partial charge in [0, 0.05) is 17.0 Å². The van der Waals surface area contributed by atoms with E-state index in [1.807, 2.05) is 11.3 Å². The minimum Gasteiger partial charge on any atom is -0.309 e. The van der Waals surface area contributed by atoms with Crippen molar-refractivity contribution in [1.29, 1.82) is 0 Å². The molecular formula is C18H32N2S. The number of hydrogen-bond acceptors (Lipinski definition) is 3. The zero-order valence-corrected chi connectivity index (χ0v) is 14.8. The van der Waals surface area contributed by atoms with Gasteiger partial charge in [0.15, 0.2) is 0 Å². The second-order valence-electron chi connectivity index (χ2n) is 6.77. The van der Waals surface area contributed by atoms with E-state index in [1.54, 1.807) is 4.88 Å². The standard InChI is InChI=1S/C18H32N2S/c1-15(2)20(3)13-7-6-12-19-18(16-9-4-5-10-16)17-11-8-14-21-17/h8,11,14-16,18-19H,4-7,9-10,12-13H2,1-3H3. The largest absolute Gasteiger partial charge is 0.309 e. The summed E-state index contributed by atoms with van der Waals surface area (Å²) in [7, 11) is 2.23. The molecule has 2 rings (SSSR count). The highest BCUT2D eigenvalue weighted by atomic mass is 32.1. The third-order valence-electron chi connectivity index (χ3n) is 4.90. The van der Waals surface area contributed by atoms with Gasteiger partial charge in [-0.3, -0.25) is 0 Å². The van der Waals surface area contributed by atoms with Crippen molar-refractivity contribution < 1.29 is 0 Å². The van der Waals surface area contributed by atoms with Crippen molar-refractivity contribution in [2.75, 3.05) is 20.1 Å². The second kappa shape index (κ2) is 8.92. The molecule has 1 N–H and O–H groups in total. The average Bonchev–Trinajstić information content (AvgIpc) is 3.15. The topological polar surface area (TPSA) is 15.3 Å². The minimum absolute atomic E-state index is 0.607. The zero-order chi connectivity index (χ0) is 15.1. The first-order chi connectivity index (χ1) is 10.2. The highest BCUT2D eigenvalue weighted by Crippen LogP contribution is 2.37. The molecule has 0 bridgehead atoms. The smallest absolute Gasteiger partial charge is 0.0443 e. The molecule has 1 unspecified atom stereocenters. The summed E-state index contributed by atoms with van der Waals surface area (Å²) in [6.07, 6.45) is 8.24. The lowest BCUT2D eigenvalue weighted by molar-refractivity contribution is 0.266. The number of nitrogens with one attached hydrogen (secondary N) is 1. The SMILES string of the molecule is CC(C)N(C)CCCCNC(c1cccs1)C1CCCC1. The van der Waals surface area contributed by atoms with E-state index in [4.69, 9.17) is 0 Å². The van der Waals surface area contributed by atoms with Crippen LogP contribution in [0.25, 0.3) is 0 Å². The van der Waals surface area contributed by atoms with Crippen molar-refractivity contribution in [1.82, 2.24) is 10.2 Å². The Labute approximate surface area is 134 Å². The normalized spacial score (nSPS) is 18.0. The van der Waals surface area contributed by atoms with Crippen LogP contribution in [0, 0.1) is 5.92 Å². The number of rotatable bonds is 9. The molecule has 1 fully saturated rings. The van der Waals surface area contributed by atoms with E-state index < -0.39 is 0 Å². The second-order valence-corrected chi connectivity index (χ2v) is 7.75. The highest BCUT2D eigenvalue weighted by molar-refractivity contribution is 7.10. The predicted octanol–water partition coefficient (Wildman–Crippen LogP) is 4.69. The Balaban J connectivity index is 1.72. The lowest BCUT2D eigenvalue weighted by Crippen LogP contribution is -2.29. The molecule has 0 aliphatic heterocycles. The Hall–Kier alpha value is -0.380. The summed E-state index contributed by atoms with van der Waals surface area (Å²) >= 11 is 1.92. The van der Waals surface area contributed by atoms with Gasteiger partial charge in [-0.2, -0.15) is 0 Å². The van der Waals surface area contributed by atoms with Crippen molar-refractivity contribution in [2.24, 2.45) is 5.92 Å². The van der Waals surface area contributed by atoms with Crippen LogP contribution < -0.4 is 5.32 Å². The van der Waals surface area contributed by atoms with E-state index in [1.165, 1.54) is 45.1 Å². The number of hydrogen-bond donors (Lipinski definition) is 1. The van der Waals surface area contributed by atoms with Gasteiger partial charge in [-0.15, -0.1) is 11.3 Å². The molecule has 1 aromatic rings. The van der Waals surface area contributed by atoms with Crippen LogP contribution in [0.2, 0.25) is 0 Å². The van der Waals surface area contributed by atoms with Gasteiger partial charge in [-0.1, -0.05) is 18.9 Å². The van der Waals surface area contributed by atoms with E-state index >= 15 is 0 Å². The molecule has 1 heterocycles. The van der Waals surface area contributed by atoms with Crippen molar-refractivity contribution in [3.63, 3.8) is 0 Å². The molecule has 0 spiro atoms. The van der Waals surface area contributed by atoms with Crippen molar-refractivity contribution in [3.05, 3.63) is 22.4 Å².